The van der Waals surface area contributed by atoms with E-state index in [2.05, 4.69) is 15.0 Å². The first-order valence-electron chi connectivity index (χ1n) is 7.73. The highest BCUT2D eigenvalue weighted by Crippen LogP contribution is 2.28. The SMILES string of the molecule is CNS(=O)(=O)c1ccc2nc(NC(=O)c3ccc(N(C)C)cc3)sc2c1. The third-order valence-corrected chi connectivity index (χ3v) is 6.15. The van der Waals surface area contributed by atoms with Gasteiger partial charge in [-0.25, -0.2) is 18.1 Å². The standard InChI is InChI=1S/C17H18N4O3S2/c1-18-26(23,24)13-8-9-14-15(10-13)25-17(19-14)20-16(22)11-4-6-12(7-5-11)21(2)3/h4-10,18H,1-3H3,(H,19,20,22). The summed E-state index contributed by atoms with van der Waals surface area (Å²) in [5.74, 6) is -0.266. The molecule has 2 aromatic carbocycles. The average molecular weight is 390 g/mol. The second kappa shape index (κ2) is 7.02. The van der Waals surface area contributed by atoms with Crippen LogP contribution in [0.25, 0.3) is 10.2 Å². The van der Waals surface area contributed by atoms with E-state index in [9.17, 15) is 13.2 Å². The number of sulfonamides is 1. The van der Waals surface area contributed by atoms with Gasteiger partial charge in [0.1, 0.15) is 0 Å². The van der Waals surface area contributed by atoms with Gasteiger partial charge in [0, 0.05) is 25.3 Å². The van der Waals surface area contributed by atoms with Gasteiger partial charge in [-0.2, -0.15) is 0 Å². The van der Waals surface area contributed by atoms with E-state index in [4.69, 9.17) is 0 Å². The van der Waals surface area contributed by atoms with Crippen molar-refractivity contribution in [2.75, 3.05) is 31.4 Å². The summed E-state index contributed by atoms with van der Waals surface area (Å²) in [6, 6.07) is 11.9. The highest BCUT2D eigenvalue weighted by Gasteiger charge is 2.15. The Morgan fingerprint density at radius 3 is 2.42 bits per heavy atom. The van der Waals surface area contributed by atoms with Gasteiger partial charge in [-0.05, 0) is 49.5 Å². The van der Waals surface area contributed by atoms with Gasteiger partial charge in [-0.1, -0.05) is 11.3 Å². The van der Waals surface area contributed by atoms with Crippen LogP contribution in [0.15, 0.2) is 47.4 Å². The fourth-order valence-electron chi connectivity index (χ4n) is 2.32. The summed E-state index contributed by atoms with van der Waals surface area (Å²) in [7, 11) is 1.70. The molecule has 0 unspecified atom stereocenters. The quantitative estimate of drug-likeness (QED) is 0.698. The third kappa shape index (κ3) is 3.69. The number of hydrogen-bond donors (Lipinski definition) is 2. The van der Waals surface area contributed by atoms with E-state index in [-0.39, 0.29) is 10.8 Å². The van der Waals surface area contributed by atoms with E-state index < -0.39 is 10.0 Å². The molecular formula is C17H18N4O3S2. The highest BCUT2D eigenvalue weighted by molar-refractivity contribution is 7.89. The largest absolute Gasteiger partial charge is 0.378 e. The van der Waals surface area contributed by atoms with Crippen LogP contribution < -0.4 is 14.9 Å². The Kier molecular flexibility index (Phi) is 4.94. The molecule has 3 rings (SSSR count). The number of fused-ring (bicyclic) bond motifs is 1. The molecule has 136 valence electrons. The number of hydrogen-bond acceptors (Lipinski definition) is 6. The van der Waals surface area contributed by atoms with Crippen LogP contribution in [0.5, 0.6) is 0 Å². The zero-order valence-corrected chi connectivity index (χ0v) is 16.1. The minimum absolute atomic E-state index is 0.160. The number of rotatable bonds is 5. The lowest BCUT2D eigenvalue weighted by Crippen LogP contribution is -2.18. The van der Waals surface area contributed by atoms with Crippen molar-refractivity contribution in [2.45, 2.75) is 4.90 Å². The van der Waals surface area contributed by atoms with Crippen molar-refractivity contribution in [3.63, 3.8) is 0 Å². The van der Waals surface area contributed by atoms with Gasteiger partial charge in [-0.3, -0.25) is 10.1 Å². The number of nitrogens with zero attached hydrogens (tertiary/aromatic N) is 2. The summed E-state index contributed by atoms with van der Waals surface area (Å²) in [5, 5.41) is 3.18. The maximum Gasteiger partial charge on any atom is 0.257 e. The van der Waals surface area contributed by atoms with Crippen LogP contribution in [0, 0.1) is 0 Å². The molecule has 0 atom stereocenters. The van der Waals surface area contributed by atoms with Crippen molar-refractivity contribution >= 4 is 48.3 Å². The molecule has 0 saturated heterocycles. The number of amides is 1. The third-order valence-electron chi connectivity index (χ3n) is 3.81. The molecule has 0 radical (unpaired) electrons. The van der Waals surface area contributed by atoms with E-state index in [0.717, 1.165) is 5.69 Å². The summed E-state index contributed by atoms with van der Waals surface area (Å²) in [4.78, 5) is 18.8. The van der Waals surface area contributed by atoms with Crippen molar-refractivity contribution in [3.05, 3.63) is 48.0 Å². The second-order valence-corrected chi connectivity index (χ2v) is 8.67. The van der Waals surface area contributed by atoms with Gasteiger partial charge in [0.25, 0.3) is 5.91 Å². The van der Waals surface area contributed by atoms with Gasteiger partial charge < -0.3 is 4.90 Å². The Hall–Kier alpha value is -2.49. The van der Waals surface area contributed by atoms with Crippen LogP contribution in [0.2, 0.25) is 0 Å². The number of aromatic nitrogens is 1. The minimum atomic E-state index is -3.52. The van der Waals surface area contributed by atoms with Crippen LogP contribution in [0.1, 0.15) is 10.4 Å². The Labute approximate surface area is 155 Å². The Morgan fingerprint density at radius 2 is 1.81 bits per heavy atom. The molecule has 0 aliphatic rings. The molecule has 1 aromatic heterocycles. The predicted octanol–water partition coefficient (Wildman–Crippen LogP) is 2.52. The number of carbonyl (C=O) groups is 1. The molecule has 0 fully saturated rings. The van der Waals surface area contributed by atoms with Gasteiger partial charge in [-0.15, -0.1) is 0 Å². The summed E-state index contributed by atoms with van der Waals surface area (Å²) in [5.41, 5.74) is 2.15. The highest BCUT2D eigenvalue weighted by atomic mass is 32.2. The van der Waals surface area contributed by atoms with Gasteiger partial charge in [0.2, 0.25) is 10.0 Å². The minimum Gasteiger partial charge on any atom is -0.378 e. The summed E-state index contributed by atoms with van der Waals surface area (Å²) >= 11 is 1.23. The van der Waals surface area contributed by atoms with E-state index in [1.807, 2.05) is 31.1 Å². The number of anilines is 2. The topological polar surface area (TPSA) is 91.4 Å². The van der Waals surface area contributed by atoms with E-state index in [0.29, 0.717) is 20.9 Å². The molecule has 0 bridgehead atoms. The zero-order chi connectivity index (χ0) is 18.9. The van der Waals surface area contributed by atoms with Gasteiger partial charge in [0.05, 0.1) is 15.1 Å². The van der Waals surface area contributed by atoms with Crippen molar-refractivity contribution in [1.82, 2.24) is 9.71 Å². The smallest absolute Gasteiger partial charge is 0.257 e. The number of carbonyl (C=O) groups excluding carboxylic acids is 1. The maximum absolute atomic E-state index is 12.4. The van der Waals surface area contributed by atoms with Crippen LogP contribution in [-0.2, 0) is 10.0 Å². The Bertz CT molecular complexity index is 1060. The molecule has 2 N–H and O–H groups in total. The van der Waals surface area contributed by atoms with Crippen molar-refractivity contribution in [1.29, 1.82) is 0 Å². The van der Waals surface area contributed by atoms with Crippen LogP contribution >= 0.6 is 11.3 Å². The molecule has 1 heterocycles. The summed E-state index contributed by atoms with van der Waals surface area (Å²) < 4.78 is 26.7. The normalized spacial score (nSPS) is 11.5. The number of nitrogens with one attached hydrogen (secondary N) is 2. The first-order chi connectivity index (χ1) is 12.3. The van der Waals surface area contributed by atoms with Crippen molar-refractivity contribution < 1.29 is 13.2 Å². The maximum atomic E-state index is 12.4. The van der Waals surface area contributed by atoms with Gasteiger partial charge in [0.15, 0.2) is 5.13 Å². The monoisotopic (exact) mass is 390 g/mol. The van der Waals surface area contributed by atoms with Crippen LogP contribution in [-0.4, -0.2) is 40.5 Å². The summed E-state index contributed by atoms with van der Waals surface area (Å²) in [6.07, 6.45) is 0. The molecule has 0 spiro atoms. The van der Waals surface area contributed by atoms with E-state index >= 15 is 0 Å². The van der Waals surface area contributed by atoms with Crippen molar-refractivity contribution in [2.24, 2.45) is 0 Å². The zero-order valence-electron chi connectivity index (χ0n) is 14.5. The Balaban J connectivity index is 1.83. The van der Waals surface area contributed by atoms with Crippen LogP contribution in [0.3, 0.4) is 0 Å². The lowest BCUT2D eigenvalue weighted by Gasteiger charge is -2.12. The van der Waals surface area contributed by atoms with E-state index in [1.54, 1.807) is 24.3 Å². The molecule has 3 aromatic rings. The molecule has 0 aliphatic heterocycles. The fourth-order valence-corrected chi connectivity index (χ4v) is 4.05. The molecule has 1 amide bonds. The predicted molar refractivity (Wildman–Crippen MR) is 105 cm³/mol. The molecule has 9 heteroatoms. The lowest BCUT2D eigenvalue weighted by molar-refractivity contribution is 0.102. The van der Waals surface area contributed by atoms with Crippen LogP contribution in [0.4, 0.5) is 10.8 Å². The fraction of sp³-hybridized carbons (Fsp3) is 0.176. The first kappa shape index (κ1) is 18.3. The first-order valence-corrected chi connectivity index (χ1v) is 10.0. The van der Waals surface area contributed by atoms with Crippen molar-refractivity contribution in [3.8, 4) is 0 Å². The van der Waals surface area contributed by atoms with Gasteiger partial charge >= 0.3 is 0 Å². The Morgan fingerprint density at radius 1 is 1.12 bits per heavy atom. The molecular weight excluding hydrogens is 372 g/mol. The average Bonchev–Trinajstić information content (AvgIpc) is 3.03. The molecule has 7 nitrogen and oxygen atoms in total. The number of benzene rings is 2. The van der Waals surface area contributed by atoms with E-state index in [1.165, 1.54) is 24.5 Å². The number of thiazole rings is 1. The molecule has 0 saturated carbocycles. The summed E-state index contributed by atoms with van der Waals surface area (Å²) in [6.45, 7) is 0. The molecule has 26 heavy (non-hydrogen) atoms. The second-order valence-electron chi connectivity index (χ2n) is 5.75. The lowest BCUT2D eigenvalue weighted by atomic mass is 10.2. The molecule has 0 aliphatic carbocycles.